The minimum Gasteiger partial charge on any atom is -0.395 e. The molecular weight excluding hydrogens is 252 g/mol. The molecule has 0 radical (unpaired) electrons. The van der Waals surface area contributed by atoms with Crippen LogP contribution in [0, 0.1) is 13.8 Å². The number of nitrogens with two attached hydrogens (primary N) is 1. The highest BCUT2D eigenvalue weighted by Crippen LogP contribution is 2.21. The number of nitrogen functional groups attached to an aromatic ring is 1. The number of carbonyl (C=O) groups excluding carboxylic acids is 1. The third-order valence-electron chi connectivity index (χ3n) is 3.56. The fourth-order valence-electron chi connectivity index (χ4n) is 2.19. The van der Waals surface area contributed by atoms with E-state index in [1.165, 1.54) is 4.68 Å². The molecule has 1 aromatic heterocycles. The van der Waals surface area contributed by atoms with Crippen molar-refractivity contribution >= 4 is 17.3 Å². The standard InChI is InChI=1S/C15H20N4O/c1-5-11-13(16)14(19(4)18-11)15(20)17-12-8-6-7-9(2)10(12)3/h6-8H,5,16H2,1-4H3,(H,17,20). The van der Waals surface area contributed by atoms with E-state index < -0.39 is 0 Å². The second kappa shape index (κ2) is 5.36. The number of nitrogens with one attached hydrogen (secondary N) is 1. The van der Waals surface area contributed by atoms with Crippen molar-refractivity contribution in [3.05, 3.63) is 40.7 Å². The number of nitrogens with zero attached hydrogens (tertiary/aromatic N) is 2. The van der Waals surface area contributed by atoms with E-state index >= 15 is 0 Å². The zero-order valence-corrected chi connectivity index (χ0v) is 12.3. The van der Waals surface area contributed by atoms with Crippen LogP contribution in [0.1, 0.15) is 34.2 Å². The Bertz CT molecular complexity index is 658. The van der Waals surface area contributed by atoms with Gasteiger partial charge in [-0.3, -0.25) is 9.48 Å². The second-order valence-electron chi connectivity index (χ2n) is 4.89. The molecule has 5 nitrogen and oxygen atoms in total. The zero-order valence-electron chi connectivity index (χ0n) is 12.3. The van der Waals surface area contributed by atoms with Gasteiger partial charge in [-0.25, -0.2) is 0 Å². The first kappa shape index (κ1) is 14.1. The van der Waals surface area contributed by atoms with E-state index in [2.05, 4.69) is 10.4 Å². The lowest BCUT2D eigenvalue weighted by Gasteiger charge is -2.10. The summed E-state index contributed by atoms with van der Waals surface area (Å²) in [5.74, 6) is -0.231. The van der Waals surface area contributed by atoms with Crippen molar-refractivity contribution in [3.63, 3.8) is 0 Å². The Morgan fingerprint density at radius 3 is 2.70 bits per heavy atom. The summed E-state index contributed by atoms with van der Waals surface area (Å²) in [6, 6.07) is 5.81. The molecular formula is C15H20N4O. The Kier molecular flexibility index (Phi) is 3.79. The molecule has 0 aliphatic carbocycles. The number of hydrogen-bond acceptors (Lipinski definition) is 3. The molecule has 0 unspecified atom stereocenters. The first-order chi connectivity index (χ1) is 9.45. The molecule has 106 valence electrons. The van der Waals surface area contributed by atoms with E-state index in [-0.39, 0.29) is 5.91 Å². The normalized spacial score (nSPS) is 10.6. The van der Waals surface area contributed by atoms with Gasteiger partial charge in [0.2, 0.25) is 0 Å². The van der Waals surface area contributed by atoms with Crippen molar-refractivity contribution in [2.45, 2.75) is 27.2 Å². The van der Waals surface area contributed by atoms with Gasteiger partial charge in [-0.1, -0.05) is 19.1 Å². The van der Waals surface area contributed by atoms with Crippen LogP contribution in [0.15, 0.2) is 18.2 Å². The van der Waals surface area contributed by atoms with E-state index in [4.69, 9.17) is 5.73 Å². The summed E-state index contributed by atoms with van der Waals surface area (Å²) in [5, 5.41) is 7.17. The third-order valence-corrected chi connectivity index (χ3v) is 3.56. The van der Waals surface area contributed by atoms with E-state index in [0.717, 1.165) is 22.5 Å². The maximum atomic E-state index is 12.4. The topological polar surface area (TPSA) is 72.9 Å². The molecule has 0 saturated heterocycles. The molecule has 5 heteroatoms. The summed E-state index contributed by atoms with van der Waals surface area (Å²) in [6.45, 7) is 5.96. The predicted octanol–water partition coefficient (Wildman–Crippen LogP) is 2.43. The number of aromatic nitrogens is 2. The van der Waals surface area contributed by atoms with Crippen LogP contribution >= 0.6 is 0 Å². The van der Waals surface area contributed by atoms with Gasteiger partial charge in [-0.15, -0.1) is 0 Å². The molecule has 1 heterocycles. The largest absolute Gasteiger partial charge is 0.395 e. The lowest BCUT2D eigenvalue weighted by molar-refractivity contribution is 0.101. The fourth-order valence-corrected chi connectivity index (χ4v) is 2.19. The highest BCUT2D eigenvalue weighted by molar-refractivity contribution is 6.07. The van der Waals surface area contributed by atoms with E-state index in [0.29, 0.717) is 17.8 Å². The van der Waals surface area contributed by atoms with Gasteiger partial charge in [0.05, 0.1) is 11.4 Å². The van der Waals surface area contributed by atoms with Crippen molar-refractivity contribution in [2.75, 3.05) is 11.1 Å². The first-order valence-electron chi connectivity index (χ1n) is 6.64. The van der Waals surface area contributed by atoms with Gasteiger partial charge >= 0.3 is 0 Å². The Balaban J connectivity index is 2.33. The lowest BCUT2D eigenvalue weighted by atomic mass is 10.1. The summed E-state index contributed by atoms with van der Waals surface area (Å²) >= 11 is 0. The quantitative estimate of drug-likeness (QED) is 0.901. The van der Waals surface area contributed by atoms with Gasteiger partial charge in [0, 0.05) is 12.7 Å². The SMILES string of the molecule is CCc1nn(C)c(C(=O)Nc2cccc(C)c2C)c1N. The van der Waals surface area contributed by atoms with Gasteiger partial charge in [-0.05, 0) is 37.5 Å². The van der Waals surface area contributed by atoms with E-state index in [9.17, 15) is 4.79 Å². The monoisotopic (exact) mass is 272 g/mol. The van der Waals surface area contributed by atoms with Crippen molar-refractivity contribution < 1.29 is 4.79 Å². The molecule has 0 saturated carbocycles. The minimum absolute atomic E-state index is 0.231. The average molecular weight is 272 g/mol. The lowest BCUT2D eigenvalue weighted by Crippen LogP contribution is -2.18. The van der Waals surface area contributed by atoms with Gasteiger partial charge in [-0.2, -0.15) is 5.10 Å². The van der Waals surface area contributed by atoms with E-state index in [1.807, 2.05) is 39.0 Å². The minimum atomic E-state index is -0.231. The first-order valence-corrected chi connectivity index (χ1v) is 6.64. The van der Waals surface area contributed by atoms with Crippen LogP contribution in [0.4, 0.5) is 11.4 Å². The van der Waals surface area contributed by atoms with Crippen LogP contribution < -0.4 is 11.1 Å². The molecule has 1 amide bonds. The van der Waals surface area contributed by atoms with E-state index in [1.54, 1.807) is 7.05 Å². The Labute approximate surface area is 118 Å². The Morgan fingerprint density at radius 1 is 1.40 bits per heavy atom. The molecule has 0 aliphatic rings. The molecule has 1 aromatic carbocycles. The van der Waals surface area contributed by atoms with Gasteiger partial charge in [0.1, 0.15) is 5.69 Å². The van der Waals surface area contributed by atoms with Crippen LogP contribution in [0.25, 0.3) is 0 Å². The number of carbonyl (C=O) groups is 1. The molecule has 2 aromatic rings. The Morgan fingerprint density at radius 2 is 2.10 bits per heavy atom. The summed E-state index contributed by atoms with van der Waals surface area (Å²) in [6.07, 6.45) is 0.705. The number of anilines is 2. The fraction of sp³-hybridized carbons (Fsp3) is 0.333. The molecule has 20 heavy (non-hydrogen) atoms. The van der Waals surface area contributed by atoms with Gasteiger partial charge in [0.15, 0.2) is 0 Å². The summed E-state index contributed by atoms with van der Waals surface area (Å²) < 4.78 is 1.54. The van der Waals surface area contributed by atoms with Crippen LogP contribution in [0.2, 0.25) is 0 Å². The maximum Gasteiger partial charge on any atom is 0.276 e. The number of rotatable bonds is 3. The van der Waals surface area contributed by atoms with Gasteiger partial charge in [0.25, 0.3) is 5.91 Å². The van der Waals surface area contributed by atoms with Crippen LogP contribution in [0.5, 0.6) is 0 Å². The zero-order chi connectivity index (χ0) is 14.9. The molecule has 0 aliphatic heterocycles. The molecule has 0 bridgehead atoms. The molecule has 0 atom stereocenters. The molecule has 0 fully saturated rings. The number of benzene rings is 1. The highest BCUT2D eigenvalue weighted by atomic mass is 16.2. The summed E-state index contributed by atoms with van der Waals surface area (Å²) in [4.78, 5) is 12.4. The molecule has 3 N–H and O–H groups in total. The third kappa shape index (κ3) is 2.39. The smallest absolute Gasteiger partial charge is 0.276 e. The van der Waals surface area contributed by atoms with Crippen molar-refractivity contribution in [3.8, 4) is 0 Å². The van der Waals surface area contributed by atoms with Crippen molar-refractivity contribution in [1.29, 1.82) is 0 Å². The average Bonchev–Trinajstić information content (AvgIpc) is 2.69. The Hall–Kier alpha value is -2.30. The summed E-state index contributed by atoms with van der Waals surface area (Å²) in [7, 11) is 1.73. The van der Waals surface area contributed by atoms with Crippen LogP contribution in [-0.2, 0) is 13.5 Å². The highest BCUT2D eigenvalue weighted by Gasteiger charge is 2.19. The summed E-state index contributed by atoms with van der Waals surface area (Å²) in [5.41, 5.74) is 10.6. The van der Waals surface area contributed by atoms with Crippen molar-refractivity contribution in [1.82, 2.24) is 9.78 Å². The molecule has 2 rings (SSSR count). The van der Waals surface area contributed by atoms with Crippen LogP contribution in [0.3, 0.4) is 0 Å². The van der Waals surface area contributed by atoms with Crippen molar-refractivity contribution in [2.24, 2.45) is 7.05 Å². The second-order valence-corrected chi connectivity index (χ2v) is 4.89. The van der Waals surface area contributed by atoms with Crippen LogP contribution in [-0.4, -0.2) is 15.7 Å². The number of hydrogen-bond donors (Lipinski definition) is 2. The number of amides is 1. The maximum absolute atomic E-state index is 12.4. The molecule has 0 spiro atoms. The predicted molar refractivity (Wildman–Crippen MR) is 80.9 cm³/mol. The number of aryl methyl sites for hydroxylation is 3. The van der Waals surface area contributed by atoms with Gasteiger partial charge < -0.3 is 11.1 Å².